The topological polar surface area (TPSA) is 126 Å². The molecule has 1 N–H and O–H groups in total. The van der Waals surface area contributed by atoms with Crippen LogP contribution in [-0.4, -0.2) is 61.1 Å². The number of carbonyl (C=O) groups is 4. The van der Waals surface area contributed by atoms with E-state index >= 15 is 0 Å². The van der Waals surface area contributed by atoms with E-state index in [9.17, 15) is 19.2 Å². The molecular formula is C23H29NO9. The quantitative estimate of drug-likeness (QED) is 0.329. The highest BCUT2D eigenvalue weighted by Crippen LogP contribution is 2.30. The monoisotopic (exact) mass is 463 g/mol. The van der Waals surface area contributed by atoms with E-state index in [0.29, 0.717) is 12.2 Å². The minimum atomic E-state index is -1.18. The minimum absolute atomic E-state index is 0.300. The van der Waals surface area contributed by atoms with Crippen LogP contribution in [0.25, 0.3) is 0 Å². The molecule has 0 aliphatic carbocycles. The van der Waals surface area contributed by atoms with Crippen molar-refractivity contribution in [3.63, 3.8) is 0 Å². The molecule has 2 rings (SSSR count). The average molecular weight is 463 g/mol. The van der Waals surface area contributed by atoms with Gasteiger partial charge in [0.25, 0.3) is 0 Å². The van der Waals surface area contributed by atoms with E-state index in [1.165, 1.54) is 27.7 Å². The van der Waals surface area contributed by atoms with Crippen molar-refractivity contribution in [1.29, 1.82) is 0 Å². The first-order valence-electron chi connectivity index (χ1n) is 10.4. The summed E-state index contributed by atoms with van der Waals surface area (Å²) in [7, 11) is 0. The first kappa shape index (κ1) is 25.9. The normalized spacial score (nSPS) is 24.2. The number of hydrogen-bond donors (Lipinski definition) is 1. The fourth-order valence-corrected chi connectivity index (χ4v) is 3.46. The number of ether oxygens (including phenoxy) is 5. The summed E-state index contributed by atoms with van der Waals surface area (Å²) in [4.78, 5) is 47.1. The lowest BCUT2D eigenvalue weighted by Gasteiger charge is -2.44. The molecule has 0 bridgehead atoms. The molecule has 1 fully saturated rings. The van der Waals surface area contributed by atoms with Crippen molar-refractivity contribution in [3.05, 3.63) is 42.5 Å². The summed E-state index contributed by atoms with van der Waals surface area (Å²) >= 11 is 0. The Morgan fingerprint density at radius 3 is 2.21 bits per heavy atom. The van der Waals surface area contributed by atoms with Crippen LogP contribution in [0.15, 0.2) is 36.9 Å². The van der Waals surface area contributed by atoms with Crippen LogP contribution in [0, 0.1) is 0 Å². The standard InChI is InChI=1S/C23H29NO9/c1-6-9-17-10-7-8-11-18(17)32-23-20(24-13(2)25)22(31-16(5)28)21(30-15(4)27)19(33-23)12-29-14(3)26/h6-8,10-11,19-23H,1,9,12H2,2-5H3,(H,24,25)/t19-,20+,21+,22-,23-/m1/s1. The van der Waals surface area contributed by atoms with Crippen molar-refractivity contribution in [3.8, 4) is 5.75 Å². The van der Waals surface area contributed by atoms with E-state index in [-0.39, 0.29) is 6.61 Å². The first-order valence-corrected chi connectivity index (χ1v) is 10.4. The first-order chi connectivity index (χ1) is 15.6. The SMILES string of the molecule is C=CCc1ccccc1O[C@@H]1O[C@H](COC(C)=O)[C@H](OC(C)=O)[C@H](OC(C)=O)[C@@H]1NC(C)=O. The number of benzene rings is 1. The second-order valence-electron chi connectivity index (χ2n) is 7.44. The zero-order chi connectivity index (χ0) is 24.5. The van der Waals surface area contributed by atoms with Gasteiger partial charge in [0.05, 0.1) is 0 Å². The highest BCUT2D eigenvalue weighted by Gasteiger charge is 2.52. The summed E-state index contributed by atoms with van der Waals surface area (Å²) in [6.07, 6.45) is -2.35. The third-order valence-corrected chi connectivity index (χ3v) is 4.65. The summed E-state index contributed by atoms with van der Waals surface area (Å²) in [5.74, 6) is -1.93. The maximum Gasteiger partial charge on any atom is 0.303 e. The molecule has 0 aromatic heterocycles. The molecular weight excluding hydrogens is 434 g/mol. The Kier molecular flexibility index (Phi) is 9.41. The lowest BCUT2D eigenvalue weighted by atomic mass is 9.96. The van der Waals surface area contributed by atoms with Gasteiger partial charge in [0.2, 0.25) is 12.2 Å². The van der Waals surface area contributed by atoms with Gasteiger partial charge in [-0.3, -0.25) is 19.2 Å². The third kappa shape index (κ3) is 7.60. The second-order valence-corrected chi connectivity index (χ2v) is 7.44. The van der Waals surface area contributed by atoms with Crippen molar-refractivity contribution in [1.82, 2.24) is 5.32 Å². The molecule has 5 atom stereocenters. The number of allylic oxidation sites excluding steroid dienone is 1. The third-order valence-electron chi connectivity index (χ3n) is 4.65. The Morgan fingerprint density at radius 2 is 1.64 bits per heavy atom. The average Bonchev–Trinajstić information content (AvgIpc) is 2.71. The molecule has 1 aromatic carbocycles. The van der Waals surface area contributed by atoms with Crippen molar-refractivity contribution in [2.45, 2.75) is 64.8 Å². The van der Waals surface area contributed by atoms with Crippen LogP contribution in [-0.2, 0) is 44.5 Å². The zero-order valence-electron chi connectivity index (χ0n) is 19.1. The van der Waals surface area contributed by atoms with Gasteiger partial charge in [-0.05, 0) is 18.1 Å². The molecule has 0 spiro atoms. The van der Waals surface area contributed by atoms with E-state index in [2.05, 4.69) is 11.9 Å². The van der Waals surface area contributed by atoms with Crippen LogP contribution in [0.1, 0.15) is 33.3 Å². The Hall–Kier alpha value is -3.40. The largest absolute Gasteiger partial charge is 0.463 e. The number of esters is 3. The second kappa shape index (κ2) is 12.0. The van der Waals surface area contributed by atoms with Gasteiger partial charge in [-0.2, -0.15) is 0 Å². The molecule has 1 aliphatic rings. The van der Waals surface area contributed by atoms with Gasteiger partial charge >= 0.3 is 17.9 Å². The Morgan fingerprint density at radius 1 is 1.00 bits per heavy atom. The molecule has 1 aliphatic heterocycles. The summed E-state index contributed by atoms with van der Waals surface area (Å²) in [6.45, 7) is 8.29. The van der Waals surface area contributed by atoms with E-state index < -0.39 is 54.5 Å². The maximum atomic E-state index is 12.0. The van der Waals surface area contributed by atoms with Crippen LogP contribution in [0.5, 0.6) is 5.75 Å². The van der Waals surface area contributed by atoms with E-state index in [1.807, 2.05) is 12.1 Å². The predicted octanol–water partition coefficient (Wildman–Crippen LogP) is 1.45. The minimum Gasteiger partial charge on any atom is -0.463 e. The van der Waals surface area contributed by atoms with Crippen LogP contribution in [0.3, 0.4) is 0 Å². The van der Waals surface area contributed by atoms with Gasteiger partial charge in [-0.1, -0.05) is 24.3 Å². The number of carbonyl (C=O) groups excluding carboxylic acids is 4. The van der Waals surface area contributed by atoms with Crippen LogP contribution >= 0.6 is 0 Å². The van der Waals surface area contributed by atoms with Crippen LogP contribution in [0.2, 0.25) is 0 Å². The molecule has 1 aromatic rings. The molecule has 10 heteroatoms. The lowest BCUT2D eigenvalue weighted by Crippen LogP contribution is -2.67. The smallest absolute Gasteiger partial charge is 0.303 e. The van der Waals surface area contributed by atoms with E-state index in [4.69, 9.17) is 23.7 Å². The van der Waals surface area contributed by atoms with E-state index in [0.717, 1.165) is 5.56 Å². The number of amides is 1. The highest BCUT2D eigenvalue weighted by molar-refractivity contribution is 5.73. The molecule has 10 nitrogen and oxygen atoms in total. The molecule has 180 valence electrons. The van der Waals surface area contributed by atoms with Gasteiger partial charge in [-0.25, -0.2) is 0 Å². The van der Waals surface area contributed by atoms with Crippen molar-refractivity contribution in [2.75, 3.05) is 6.61 Å². The maximum absolute atomic E-state index is 12.0. The van der Waals surface area contributed by atoms with Gasteiger partial charge < -0.3 is 29.0 Å². The van der Waals surface area contributed by atoms with Gasteiger partial charge in [0, 0.05) is 27.7 Å². The predicted molar refractivity (Wildman–Crippen MR) is 115 cm³/mol. The van der Waals surface area contributed by atoms with Gasteiger partial charge in [-0.15, -0.1) is 6.58 Å². The fourth-order valence-electron chi connectivity index (χ4n) is 3.46. The van der Waals surface area contributed by atoms with Crippen LogP contribution < -0.4 is 10.1 Å². The lowest BCUT2D eigenvalue weighted by molar-refractivity contribution is -0.257. The summed E-state index contributed by atoms with van der Waals surface area (Å²) in [5.41, 5.74) is 0.806. The number of nitrogens with one attached hydrogen (secondary N) is 1. The highest BCUT2D eigenvalue weighted by atomic mass is 16.7. The Bertz CT molecular complexity index is 884. The Labute approximate surface area is 192 Å². The molecule has 1 heterocycles. The molecule has 33 heavy (non-hydrogen) atoms. The summed E-state index contributed by atoms with van der Waals surface area (Å²) in [5, 5.41) is 2.66. The van der Waals surface area contributed by atoms with Crippen molar-refractivity contribution in [2.24, 2.45) is 0 Å². The molecule has 0 radical (unpaired) electrons. The zero-order valence-corrected chi connectivity index (χ0v) is 19.1. The number of para-hydroxylation sites is 1. The van der Waals surface area contributed by atoms with Gasteiger partial charge in [0.1, 0.15) is 24.5 Å². The van der Waals surface area contributed by atoms with Crippen LogP contribution in [0.4, 0.5) is 0 Å². The van der Waals surface area contributed by atoms with Crippen molar-refractivity contribution < 1.29 is 42.9 Å². The molecule has 0 saturated carbocycles. The molecule has 0 unspecified atom stereocenters. The Balaban J connectivity index is 2.49. The number of hydrogen-bond acceptors (Lipinski definition) is 9. The summed E-state index contributed by atoms with van der Waals surface area (Å²) < 4.78 is 28.0. The van der Waals surface area contributed by atoms with Crippen molar-refractivity contribution >= 4 is 23.8 Å². The van der Waals surface area contributed by atoms with Gasteiger partial charge in [0.15, 0.2) is 12.2 Å². The molecule has 1 saturated heterocycles. The van der Waals surface area contributed by atoms with E-state index in [1.54, 1.807) is 18.2 Å². The fraction of sp³-hybridized carbons (Fsp3) is 0.478. The summed E-state index contributed by atoms with van der Waals surface area (Å²) in [6, 6.07) is 6.11. The molecule has 1 amide bonds. The number of rotatable bonds is 9.